The van der Waals surface area contributed by atoms with Gasteiger partial charge < -0.3 is 15.8 Å². The quantitative estimate of drug-likeness (QED) is 0.683. The lowest BCUT2D eigenvalue weighted by Crippen LogP contribution is -2.45. The molecule has 1 saturated carbocycles. The summed E-state index contributed by atoms with van der Waals surface area (Å²) in [7, 11) is 0. The first-order chi connectivity index (χ1) is 8.65. The van der Waals surface area contributed by atoms with Gasteiger partial charge in [-0.25, -0.2) is 0 Å². The standard InChI is InChI=1S/C14H28N2O2/c1-3-11(2)13(15)14(17)16-9-10-18-12-7-5-4-6-8-12/h11-13H,3-10,15H2,1-2H3,(H,16,17). The number of hydrogen-bond donors (Lipinski definition) is 2. The summed E-state index contributed by atoms with van der Waals surface area (Å²) in [5.74, 6) is 0.167. The van der Waals surface area contributed by atoms with Crippen molar-refractivity contribution in [3.05, 3.63) is 0 Å². The van der Waals surface area contributed by atoms with Crippen molar-refractivity contribution in [2.75, 3.05) is 13.2 Å². The van der Waals surface area contributed by atoms with Crippen molar-refractivity contribution in [3.8, 4) is 0 Å². The summed E-state index contributed by atoms with van der Waals surface area (Å²) in [6, 6.07) is -0.398. The van der Waals surface area contributed by atoms with Crippen molar-refractivity contribution in [3.63, 3.8) is 0 Å². The fraction of sp³-hybridized carbons (Fsp3) is 0.929. The molecule has 1 rings (SSSR count). The van der Waals surface area contributed by atoms with E-state index in [1.165, 1.54) is 32.1 Å². The summed E-state index contributed by atoms with van der Waals surface area (Å²) in [4.78, 5) is 11.7. The molecule has 0 heterocycles. The van der Waals surface area contributed by atoms with Gasteiger partial charge in [0.25, 0.3) is 0 Å². The molecule has 2 atom stereocenters. The second kappa shape index (κ2) is 8.48. The maximum absolute atomic E-state index is 11.7. The van der Waals surface area contributed by atoms with Crippen molar-refractivity contribution in [2.24, 2.45) is 11.7 Å². The summed E-state index contributed by atoms with van der Waals surface area (Å²) >= 11 is 0. The summed E-state index contributed by atoms with van der Waals surface area (Å²) in [6.07, 6.45) is 7.54. The lowest BCUT2D eigenvalue weighted by Gasteiger charge is -2.22. The number of rotatable bonds is 7. The van der Waals surface area contributed by atoms with Crippen molar-refractivity contribution in [2.45, 2.75) is 64.5 Å². The maximum Gasteiger partial charge on any atom is 0.237 e. The summed E-state index contributed by atoms with van der Waals surface area (Å²) in [5.41, 5.74) is 5.84. The molecule has 0 aromatic heterocycles. The molecule has 0 spiro atoms. The van der Waals surface area contributed by atoms with Crippen molar-refractivity contribution in [1.29, 1.82) is 0 Å². The fourth-order valence-electron chi connectivity index (χ4n) is 2.26. The molecule has 106 valence electrons. The molecule has 18 heavy (non-hydrogen) atoms. The molecule has 1 aliphatic carbocycles. The Bertz CT molecular complexity index is 240. The third-order valence-corrected chi connectivity index (χ3v) is 3.87. The number of carbonyl (C=O) groups excluding carboxylic acids is 1. The second-order valence-electron chi connectivity index (χ2n) is 5.33. The minimum atomic E-state index is -0.398. The smallest absolute Gasteiger partial charge is 0.237 e. The van der Waals surface area contributed by atoms with Crippen LogP contribution in [0.5, 0.6) is 0 Å². The summed E-state index contributed by atoms with van der Waals surface area (Å²) in [6.45, 7) is 5.22. The molecule has 0 bridgehead atoms. The van der Waals surface area contributed by atoms with Crippen LogP contribution in [0, 0.1) is 5.92 Å². The first-order valence-electron chi connectivity index (χ1n) is 7.30. The van der Waals surface area contributed by atoms with Crippen LogP contribution in [0.1, 0.15) is 52.4 Å². The molecule has 0 aromatic carbocycles. The number of ether oxygens (including phenoxy) is 1. The van der Waals surface area contributed by atoms with Crippen molar-refractivity contribution >= 4 is 5.91 Å². The van der Waals surface area contributed by atoms with Crippen LogP contribution in [0.2, 0.25) is 0 Å². The topological polar surface area (TPSA) is 64.4 Å². The van der Waals surface area contributed by atoms with Crippen LogP contribution in [0.25, 0.3) is 0 Å². The van der Waals surface area contributed by atoms with E-state index in [9.17, 15) is 4.79 Å². The Labute approximate surface area is 111 Å². The lowest BCUT2D eigenvalue weighted by atomic mass is 9.98. The number of nitrogens with one attached hydrogen (secondary N) is 1. The number of hydrogen-bond acceptors (Lipinski definition) is 3. The van der Waals surface area contributed by atoms with Gasteiger partial charge in [-0.05, 0) is 18.8 Å². The molecular formula is C14H28N2O2. The van der Waals surface area contributed by atoms with Gasteiger partial charge >= 0.3 is 0 Å². The van der Waals surface area contributed by atoms with Crippen LogP contribution in [-0.2, 0) is 9.53 Å². The lowest BCUT2D eigenvalue weighted by molar-refractivity contribution is -0.123. The predicted molar refractivity (Wildman–Crippen MR) is 73.3 cm³/mol. The van der Waals surface area contributed by atoms with Gasteiger partial charge in [0.05, 0.1) is 18.8 Å². The summed E-state index contributed by atoms with van der Waals surface area (Å²) < 4.78 is 5.74. The van der Waals surface area contributed by atoms with E-state index in [2.05, 4.69) is 5.32 Å². The van der Waals surface area contributed by atoms with Gasteiger partial charge in [-0.2, -0.15) is 0 Å². The van der Waals surface area contributed by atoms with Crippen molar-refractivity contribution < 1.29 is 9.53 Å². The average Bonchev–Trinajstić information content (AvgIpc) is 2.42. The molecule has 0 radical (unpaired) electrons. The maximum atomic E-state index is 11.7. The van der Waals surface area contributed by atoms with E-state index in [1.54, 1.807) is 0 Å². The Balaban J connectivity index is 2.07. The zero-order valence-corrected chi connectivity index (χ0v) is 11.8. The highest BCUT2D eigenvalue weighted by molar-refractivity contribution is 5.81. The van der Waals surface area contributed by atoms with Gasteiger partial charge in [-0.1, -0.05) is 39.5 Å². The van der Waals surface area contributed by atoms with Crippen LogP contribution in [0.3, 0.4) is 0 Å². The average molecular weight is 256 g/mol. The minimum absolute atomic E-state index is 0.0587. The second-order valence-corrected chi connectivity index (χ2v) is 5.33. The van der Waals surface area contributed by atoms with Crippen LogP contribution in [-0.4, -0.2) is 31.2 Å². The molecule has 4 heteroatoms. The molecule has 1 amide bonds. The zero-order chi connectivity index (χ0) is 13.4. The monoisotopic (exact) mass is 256 g/mol. The Morgan fingerprint density at radius 3 is 2.67 bits per heavy atom. The van der Waals surface area contributed by atoms with Gasteiger partial charge in [-0.15, -0.1) is 0 Å². The first-order valence-corrected chi connectivity index (χ1v) is 7.30. The van der Waals surface area contributed by atoms with Gasteiger partial charge in [0.2, 0.25) is 5.91 Å². The molecule has 1 aliphatic rings. The van der Waals surface area contributed by atoms with E-state index in [4.69, 9.17) is 10.5 Å². The molecule has 2 unspecified atom stereocenters. The molecule has 4 nitrogen and oxygen atoms in total. The SMILES string of the molecule is CCC(C)C(N)C(=O)NCCOC1CCCCC1. The number of carbonyl (C=O) groups is 1. The van der Waals surface area contributed by atoms with Gasteiger partial charge in [0, 0.05) is 6.54 Å². The van der Waals surface area contributed by atoms with Gasteiger partial charge in [-0.3, -0.25) is 4.79 Å². The van der Waals surface area contributed by atoms with E-state index < -0.39 is 6.04 Å². The Morgan fingerprint density at radius 2 is 2.06 bits per heavy atom. The van der Waals surface area contributed by atoms with E-state index >= 15 is 0 Å². The van der Waals surface area contributed by atoms with Gasteiger partial charge in [0.1, 0.15) is 0 Å². The highest BCUT2D eigenvalue weighted by Crippen LogP contribution is 2.19. The normalized spacial score (nSPS) is 20.4. The molecule has 0 saturated heterocycles. The predicted octanol–water partition coefficient (Wildman–Crippen LogP) is 1.83. The molecular weight excluding hydrogens is 228 g/mol. The van der Waals surface area contributed by atoms with E-state index in [-0.39, 0.29) is 11.8 Å². The summed E-state index contributed by atoms with van der Waals surface area (Å²) in [5, 5.41) is 2.85. The van der Waals surface area contributed by atoms with Crippen LogP contribution >= 0.6 is 0 Å². The molecule has 0 aliphatic heterocycles. The Morgan fingerprint density at radius 1 is 1.39 bits per heavy atom. The highest BCUT2D eigenvalue weighted by atomic mass is 16.5. The van der Waals surface area contributed by atoms with Crippen LogP contribution in [0.15, 0.2) is 0 Å². The molecule has 3 N–H and O–H groups in total. The van der Waals surface area contributed by atoms with Crippen LogP contribution < -0.4 is 11.1 Å². The van der Waals surface area contributed by atoms with E-state index in [0.717, 1.165) is 6.42 Å². The largest absolute Gasteiger partial charge is 0.376 e. The minimum Gasteiger partial charge on any atom is -0.376 e. The van der Waals surface area contributed by atoms with E-state index in [1.807, 2.05) is 13.8 Å². The Kier molecular flexibility index (Phi) is 7.28. The van der Waals surface area contributed by atoms with E-state index in [0.29, 0.717) is 19.3 Å². The highest BCUT2D eigenvalue weighted by Gasteiger charge is 2.19. The zero-order valence-electron chi connectivity index (χ0n) is 11.8. The molecule has 0 aromatic rings. The van der Waals surface area contributed by atoms with Crippen molar-refractivity contribution in [1.82, 2.24) is 5.32 Å². The first kappa shape index (κ1) is 15.4. The van der Waals surface area contributed by atoms with Crippen LogP contribution in [0.4, 0.5) is 0 Å². The number of nitrogens with two attached hydrogens (primary N) is 1. The van der Waals surface area contributed by atoms with Gasteiger partial charge in [0.15, 0.2) is 0 Å². The Hall–Kier alpha value is -0.610. The number of amides is 1. The third-order valence-electron chi connectivity index (χ3n) is 3.87. The molecule has 1 fully saturated rings. The third kappa shape index (κ3) is 5.36. The fourth-order valence-corrected chi connectivity index (χ4v) is 2.26.